The van der Waals surface area contributed by atoms with Gasteiger partial charge in [0, 0.05) is 0 Å². The van der Waals surface area contributed by atoms with Crippen molar-refractivity contribution in [1.29, 1.82) is 0 Å². The van der Waals surface area contributed by atoms with Crippen LogP contribution >= 0.6 is 7.53 Å². The third-order valence-electron chi connectivity index (χ3n) is 4.78. The van der Waals surface area contributed by atoms with Crippen LogP contribution in [0.4, 0.5) is 0 Å². The minimum Gasteiger partial charge on any atom is -1.00 e. The molecule has 0 aliphatic heterocycles. The molecule has 0 spiro atoms. The average Bonchev–Trinajstić information content (AvgIpc) is 3.23. The second-order valence-corrected chi connectivity index (χ2v) is 11.6. The van der Waals surface area contributed by atoms with E-state index in [1.54, 1.807) is 19.7 Å². The summed E-state index contributed by atoms with van der Waals surface area (Å²) in [6.45, 7) is 4.60. The molecule has 4 heteroatoms. The van der Waals surface area contributed by atoms with Crippen molar-refractivity contribution in [3.8, 4) is 0 Å². The average molecular weight is 452 g/mol. The molecular weight excluding hydrogens is 433 g/mol. The van der Waals surface area contributed by atoms with E-state index in [4.69, 9.17) is 0 Å². The molecule has 0 amide bonds. The molecule has 0 bridgehead atoms. The fourth-order valence-electron chi connectivity index (χ4n) is 3.33. The fraction of sp³-hybridized carbons (Fsp3) is 0.200. The van der Waals surface area contributed by atoms with Crippen molar-refractivity contribution >= 4 is 18.9 Å². The summed E-state index contributed by atoms with van der Waals surface area (Å²) < 4.78 is 2.54. The minimum absolute atomic E-state index is 0. The molecule has 0 radical (unpaired) electrons. The van der Waals surface area contributed by atoms with Crippen LogP contribution in [0.3, 0.4) is 0 Å². The van der Waals surface area contributed by atoms with Gasteiger partial charge < -0.3 is 24.8 Å². The number of benzene rings is 1. The van der Waals surface area contributed by atoms with Crippen molar-refractivity contribution in [3.05, 3.63) is 79.6 Å². The van der Waals surface area contributed by atoms with Gasteiger partial charge in [-0.2, -0.15) is 0 Å². The van der Waals surface area contributed by atoms with Gasteiger partial charge >= 0.3 is 146 Å². The second-order valence-electron chi connectivity index (χ2n) is 6.06. The Bertz CT molecular complexity index is 816. The van der Waals surface area contributed by atoms with E-state index in [9.17, 15) is 0 Å². The molecule has 0 saturated heterocycles. The van der Waals surface area contributed by atoms with E-state index in [1.807, 2.05) is 0 Å². The predicted octanol–water partition coefficient (Wildman–Crippen LogP) is 0.441. The van der Waals surface area contributed by atoms with E-state index in [0.29, 0.717) is 0 Å². The van der Waals surface area contributed by atoms with Crippen molar-refractivity contribution < 1.29 is 48.0 Å². The van der Waals surface area contributed by atoms with Crippen molar-refractivity contribution in [2.75, 3.05) is 0 Å². The summed E-state index contributed by atoms with van der Waals surface area (Å²) >= 11 is -0.629. The number of fused-ring (bicyclic) bond motifs is 1. The van der Waals surface area contributed by atoms with Gasteiger partial charge in [0.25, 0.3) is 0 Å². The first-order valence-electron chi connectivity index (χ1n) is 7.81. The van der Waals surface area contributed by atoms with Crippen molar-refractivity contribution in [3.63, 3.8) is 0 Å². The van der Waals surface area contributed by atoms with Crippen LogP contribution in [0.15, 0.2) is 68.5 Å². The summed E-state index contributed by atoms with van der Waals surface area (Å²) in [5, 5.41) is 1.71. The number of hydrogen-bond acceptors (Lipinski definition) is 0. The van der Waals surface area contributed by atoms with Gasteiger partial charge in [0.05, 0.1) is 0 Å². The molecule has 2 aliphatic rings. The van der Waals surface area contributed by atoms with Crippen LogP contribution in [-0.4, -0.2) is 0 Å². The van der Waals surface area contributed by atoms with Crippen LogP contribution < -0.4 is 24.8 Å². The molecule has 1 atom stereocenters. The maximum atomic E-state index is 2.50. The van der Waals surface area contributed by atoms with E-state index in [1.165, 1.54) is 17.6 Å². The Balaban J connectivity index is 0.00000104. The van der Waals surface area contributed by atoms with Crippen LogP contribution in [0.25, 0.3) is 11.4 Å². The molecule has 2 aliphatic carbocycles. The van der Waals surface area contributed by atoms with Crippen LogP contribution in [0, 0.1) is 0 Å². The first kappa shape index (κ1) is 20.0. The molecule has 0 N–H and O–H groups in total. The SMILES string of the molecule is CC1=CC[C]([Zr+2][CH]2C(p3cccc3)=Cc3ccccc32)=C1C.[Cl-].[Cl-]. The molecule has 0 nitrogen and oxygen atoms in total. The Morgan fingerprint density at radius 1 is 1.00 bits per heavy atom. The van der Waals surface area contributed by atoms with Gasteiger partial charge in [-0.3, -0.25) is 0 Å². The first-order valence-corrected chi connectivity index (χ1v) is 11.9. The zero-order valence-corrected chi connectivity index (χ0v) is 18.6. The molecule has 122 valence electrons. The molecule has 1 aromatic carbocycles. The summed E-state index contributed by atoms with van der Waals surface area (Å²) in [5.41, 5.74) is 6.19. The van der Waals surface area contributed by atoms with Gasteiger partial charge in [-0.05, 0) is 0 Å². The van der Waals surface area contributed by atoms with Gasteiger partial charge in [0.15, 0.2) is 0 Å². The molecular formula is C20H19Cl2PZr. The van der Waals surface area contributed by atoms with Crippen molar-refractivity contribution in [2.45, 2.75) is 23.9 Å². The standard InChI is InChI=1S/C13H10P.C7H9.2ClH.Zr/c1-2-6-12-10-13(9-11(12)5-1)14-7-3-4-8-14;1-6-4-3-5-7(6)2;;;/h1-10H;4H,3H2,1-2H3;2*1H;/q;;;;+2/p-2. The number of allylic oxidation sites excluding steroid dienone is 5. The number of hydrogen-bond donors (Lipinski definition) is 0. The molecule has 4 rings (SSSR count). The third kappa shape index (κ3) is 3.61. The van der Waals surface area contributed by atoms with Crippen molar-refractivity contribution in [1.82, 2.24) is 0 Å². The quantitative estimate of drug-likeness (QED) is 0.634. The summed E-state index contributed by atoms with van der Waals surface area (Å²) in [5.74, 6) is 4.83. The Morgan fingerprint density at radius 2 is 1.71 bits per heavy atom. The smallest absolute Gasteiger partial charge is 1.00 e. The fourth-order valence-corrected chi connectivity index (χ4v) is 10.6. The summed E-state index contributed by atoms with van der Waals surface area (Å²) in [4.78, 5) is 0. The zero-order chi connectivity index (χ0) is 15.1. The number of halogens is 2. The third-order valence-corrected chi connectivity index (χ3v) is 11.9. The topological polar surface area (TPSA) is 0 Å². The molecule has 1 unspecified atom stereocenters. The van der Waals surface area contributed by atoms with E-state index >= 15 is 0 Å². The van der Waals surface area contributed by atoms with E-state index in [2.05, 4.69) is 74.0 Å². The Morgan fingerprint density at radius 3 is 2.38 bits per heavy atom. The maximum absolute atomic E-state index is 2.50. The summed E-state index contributed by atoms with van der Waals surface area (Å²) in [6, 6.07) is 13.5. The molecule has 1 heterocycles. The molecule has 0 fully saturated rings. The van der Waals surface area contributed by atoms with Gasteiger partial charge in [0.1, 0.15) is 0 Å². The largest absolute Gasteiger partial charge is 1.00 e. The summed E-state index contributed by atoms with van der Waals surface area (Å²) in [6.07, 6.45) is 6.15. The van der Waals surface area contributed by atoms with Crippen LogP contribution in [-0.2, 0) is 23.2 Å². The molecule has 0 saturated carbocycles. The second kappa shape index (κ2) is 8.38. The Kier molecular flexibility index (Phi) is 6.98. The zero-order valence-electron chi connectivity index (χ0n) is 13.8. The van der Waals surface area contributed by atoms with Gasteiger partial charge in [-0.1, -0.05) is 0 Å². The normalized spacial score (nSPS) is 18.2. The summed E-state index contributed by atoms with van der Waals surface area (Å²) in [7, 11) is -0.175. The van der Waals surface area contributed by atoms with E-state index < -0.39 is 23.2 Å². The Hall–Kier alpha value is -0.317. The molecule has 2 aromatic rings. The van der Waals surface area contributed by atoms with Crippen LogP contribution in [0.2, 0.25) is 0 Å². The van der Waals surface area contributed by atoms with Gasteiger partial charge in [-0.25, -0.2) is 0 Å². The van der Waals surface area contributed by atoms with Crippen LogP contribution in [0.1, 0.15) is 35.0 Å². The molecule has 24 heavy (non-hydrogen) atoms. The molecule has 1 aromatic heterocycles. The van der Waals surface area contributed by atoms with Gasteiger partial charge in [-0.15, -0.1) is 0 Å². The van der Waals surface area contributed by atoms with Crippen molar-refractivity contribution in [2.24, 2.45) is 0 Å². The predicted molar refractivity (Wildman–Crippen MR) is 93.6 cm³/mol. The Labute approximate surface area is 169 Å². The first-order chi connectivity index (χ1) is 10.7. The van der Waals surface area contributed by atoms with E-state index in [0.717, 1.165) is 3.63 Å². The van der Waals surface area contributed by atoms with Gasteiger partial charge in [0.2, 0.25) is 0 Å². The monoisotopic (exact) mass is 450 g/mol. The van der Waals surface area contributed by atoms with E-state index in [-0.39, 0.29) is 32.3 Å². The number of rotatable bonds is 3. The van der Waals surface area contributed by atoms with Crippen LogP contribution in [0.5, 0.6) is 0 Å². The minimum atomic E-state index is -0.629. The maximum Gasteiger partial charge on any atom is -1.00 e.